The highest BCUT2D eigenvalue weighted by molar-refractivity contribution is 5.80. The lowest BCUT2D eigenvalue weighted by molar-refractivity contribution is -0.305. The number of unbranched alkanes of at least 4 members (excludes halogenated alkanes) is 36. The summed E-state index contributed by atoms with van der Waals surface area (Å²) in [7, 11) is 0. The number of aliphatic hydroxyl groups is 5. The number of aliphatic hydroxyl groups excluding tert-OH is 5. The first kappa shape index (κ1) is 75.1. The van der Waals surface area contributed by atoms with E-state index >= 15 is 0 Å². The van der Waals surface area contributed by atoms with Crippen molar-refractivity contribution >= 4 is 11.9 Å². The van der Waals surface area contributed by atoms with Crippen LogP contribution in [0.4, 0.5) is 0 Å². The molecule has 1 aliphatic rings. The molecule has 1 saturated heterocycles. The fourth-order valence-electron chi connectivity index (χ4n) is 10.3. The van der Waals surface area contributed by atoms with Crippen LogP contribution in [0.3, 0.4) is 0 Å². The van der Waals surface area contributed by atoms with Crippen LogP contribution in [0.2, 0.25) is 0 Å². The number of esters is 1. The Morgan fingerprint density at radius 1 is 0.500 bits per heavy atom. The zero-order valence-electron chi connectivity index (χ0n) is 51.4. The van der Waals surface area contributed by atoms with Gasteiger partial charge in [0.1, 0.15) is 24.4 Å². The van der Waals surface area contributed by atoms with Gasteiger partial charge in [0.15, 0.2) is 12.4 Å². The molecule has 0 spiro atoms. The highest BCUT2D eigenvalue weighted by atomic mass is 16.7. The van der Waals surface area contributed by atoms with Crippen LogP contribution in [0.1, 0.15) is 290 Å². The number of rotatable bonds is 56. The Balaban J connectivity index is 2.58. The number of ether oxygens (including phenoxy) is 3. The predicted molar refractivity (Wildman–Crippen MR) is 333 cm³/mol. The first-order chi connectivity index (χ1) is 39.2. The van der Waals surface area contributed by atoms with Crippen molar-refractivity contribution < 1.29 is 49.3 Å². The van der Waals surface area contributed by atoms with Gasteiger partial charge in [0.25, 0.3) is 0 Å². The summed E-state index contributed by atoms with van der Waals surface area (Å²) < 4.78 is 17.6. The fraction of sp³-hybridized carbons (Fsp3) is 0.797. The smallest absolute Gasteiger partial charge is 0.306 e. The summed E-state index contributed by atoms with van der Waals surface area (Å²) in [5.41, 5.74) is 0. The second kappa shape index (κ2) is 56.6. The fourth-order valence-corrected chi connectivity index (χ4v) is 10.3. The van der Waals surface area contributed by atoms with Gasteiger partial charge in [-0.05, 0) is 44.9 Å². The van der Waals surface area contributed by atoms with Crippen molar-refractivity contribution in [1.29, 1.82) is 0 Å². The van der Waals surface area contributed by atoms with Crippen molar-refractivity contribution in [2.45, 2.75) is 339 Å². The zero-order chi connectivity index (χ0) is 58.2. The first-order valence-electron chi connectivity index (χ1n) is 33.3. The van der Waals surface area contributed by atoms with Gasteiger partial charge in [-0.15, -0.1) is 0 Å². The van der Waals surface area contributed by atoms with Crippen molar-refractivity contribution in [2.75, 3.05) is 13.2 Å². The Hall–Kier alpha value is -2.90. The van der Waals surface area contributed by atoms with Gasteiger partial charge in [0, 0.05) is 6.42 Å². The Morgan fingerprint density at radius 3 is 1.35 bits per heavy atom. The first-order valence-corrected chi connectivity index (χ1v) is 33.3. The molecule has 0 aliphatic carbocycles. The van der Waals surface area contributed by atoms with Crippen molar-refractivity contribution in [2.24, 2.45) is 0 Å². The van der Waals surface area contributed by atoms with Gasteiger partial charge in [-0.1, -0.05) is 312 Å². The number of allylic oxidation sites excluding steroid dienone is 11. The highest BCUT2D eigenvalue weighted by Crippen LogP contribution is 2.26. The number of amides is 1. The van der Waals surface area contributed by atoms with E-state index in [1.165, 1.54) is 180 Å². The molecule has 0 bridgehead atoms. The molecule has 8 atom stereocenters. The largest absolute Gasteiger partial charge is 0.454 e. The van der Waals surface area contributed by atoms with Crippen LogP contribution in [0.5, 0.6) is 0 Å². The molecular weight excluding hydrogens is 1000 g/mol. The Kier molecular flexibility index (Phi) is 53.1. The standard InChI is InChI=1S/C69H123NO10/c1-4-7-10-13-16-19-22-25-27-28-29-30-31-32-33-34-35-36-37-39-42-45-48-51-54-57-64(74)80-67-66(76)65(75)63(58-71)79-69(67)78-59-60(61(72)55-52-49-46-43-40-24-21-18-15-12-9-6-3)70-68(77)62(73)56-53-50-47-44-41-38-26-23-20-17-14-11-8-5-2/h8,11,14,17,20,23,26,38,41,44,52,55,60-63,65-67,69,71-73,75-76H,4-7,9-10,12-13,15-16,18-19,21-22,24-25,27-37,39-40,42-43,45-51,53-54,56-59H2,1-3H3,(H,70,77)/b11-8+,17-14+,23-20-,38-26-,44-41+,55-52+. The van der Waals surface area contributed by atoms with Crippen LogP contribution in [0.15, 0.2) is 72.9 Å². The Morgan fingerprint density at radius 2 is 0.900 bits per heavy atom. The molecule has 80 heavy (non-hydrogen) atoms. The summed E-state index contributed by atoms with van der Waals surface area (Å²) in [4.78, 5) is 26.6. The molecule has 1 amide bonds. The second-order valence-electron chi connectivity index (χ2n) is 23.0. The molecule has 0 radical (unpaired) electrons. The van der Waals surface area contributed by atoms with Crippen LogP contribution in [0.25, 0.3) is 0 Å². The van der Waals surface area contributed by atoms with E-state index in [0.29, 0.717) is 12.8 Å². The quantitative estimate of drug-likeness (QED) is 0.0149. The predicted octanol–water partition coefficient (Wildman–Crippen LogP) is 16.3. The van der Waals surface area contributed by atoms with Crippen molar-refractivity contribution in [3.05, 3.63) is 72.9 Å². The maximum atomic E-state index is 13.4. The van der Waals surface area contributed by atoms with Crippen molar-refractivity contribution in [3.63, 3.8) is 0 Å². The van der Waals surface area contributed by atoms with Crippen LogP contribution in [-0.4, -0.2) is 99.6 Å². The maximum Gasteiger partial charge on any atom is 0.306 e. The van der Waals surface area contributed by atoms with E-state index in [1.807, 2.05) is 60.8 Å². The van der Waals surface area contributed by atoms with Gasteiger partial charge in [0.05, 0.1) is 25.4 Å². The van der Waals surface area contributed by atoms with E-state index in [0.717, 1.165) is 64.2 Å². The minimum Gasteiger partial charge on any atom is -0.454 e. The maximum absolute atomic E-state index is 13.4. The van der Waals surface area contributed by atoms with E-state index in [-0.39, 0.29) is 19.4 Å². The SMILES string of the molecule is CC/C=C/C=C/C=C\C=C/C=C/CCCCC(O)C(=O)NC(COC1OC(CO)C(O)C(O)C1OC(=O)CCCCCCCCCCCCCCCCCCCCCCCCCCC)C(O)/C=C/CCCCCCCCCCCC. The molecule has 0 saturated carbocycles. The molecular formula is C69H123NO10. The molecule has 1 heterocycles. The van der Waals surface area contributed by atoms with Crippen molar-refractivity contribution in [3.8, 4) is 0 Å². The number of hydrogen-bond donors (Lipinski definition) is 6. The Bertz CT molecular complexity index is 1580. The molecule has 6 N–H and O–H groups in total. The molecule has 1 fully saturated rings. The van der Waals surface area contributed by atoms with E-state index in [1.54, 1.807) is 6.08 Å². The van der Waals surface area contributed by atoms with E-state index < -0.39 is 67.4 Å². The third kappa shape index (κ3) is 43.7. The summed E-state index contributed by atoms with van der Waals surface area (Å²) in [6, 6.07) is -1.05. The second-order valence-corrected chi connectivity index (χ2v) is 23.0. The van der Waals surface area contributed by atoms with Gasteiger partial charge in [-0.3, -0.25) is 9.59 Å². The van der Waals surface area contributed by atoms with E-state index in [9.17, 15) is 35.1 Å². The van der Waals surface area contributed by atoms with Crippen LogP contribution < -0.4 is 5.32 Å². The summed E-state index contributed by atoms with van der Waals surface area (Å²) in [6.45, 7) is 5.64. The number of nitrogens with one attached hydrogen (secondary N) is 1. The minimum atomic E-state index is -1.62. The molecule has 8 unspecified atom stereocenters. The van der Waals surface area contributed by atoms with Crippen LogP contribution in [-0.2, 0) is 23.8 Å². The summed E-state index contributed by atoms with van der Waals surface area (Å²) in [5.74, 6) is -1.23. The summed E-state index contributed by atoms with van der Waals surface area (Å²) >= 11 is 0. The summed E-state index contributed by atoms with van der Waals surface area (Å²) in [5, 5.41) is 57.0. The average Bonchev–Trinajstić information content (AvgIpc) is 3.46. The molecule has 1 aliphatic heterocycles. The van der Waals surface area contributed by atoms with Gasteiger partial charge in [-0.25, -0.2) is 0 Å². The molecule has 1 rings (SSSR count). The third-order valence-electron chi connectivity index (χ3n) is 15.5. The minimum absolute atomic E-state index is 0.120. The number of carbonyl (C=O) groups excluding carboxylic acids is 2. The molecule has 0 aromatic rings. The van der Waals surface area contributed by atoms with E-state index in [2.05, 4.69) is 32.2 Å². The van der Waals surface area contributed by atoms with Gasteiger partial charge in [0.2, 0.25) is 5.91 Å². The molecule has 464 valence electrons. The summed E-state index contributed by atoms with van der Waals surface area (Å²) in [6.07, 6.45) is 62.5. The van der Waals surface area contributed by atoms with Gasteiger partial charge >= 0.3 is 5.97 Å². The van der Waals surface area contributed by atoms with Crippen molar-refractivity contribution in [1.82, 2.24) is 5.32 Å². The van der Waals surface area contributed by atoms with E-state index in [4.69, 9.17) is 14.2 Å². The molecule has 11 heteroatoms. The normalized spacial score (nSPS) is 19.2. The topological polar surface area (TPSA) is 175 Å². The monoisotopic (exact) mass is 1130 g/mol. The lowest BCUT2D eigenvalue weighted by atomic mass is 9.99. The average molecular weight is 1130 g/mol. The lowest BCUT2D eigenvalue weighted by Crippen LogP contribution is -2.61. The molecule has 0 aromatic heterocycles. The van der Waals surface area contributed by atoms with Crippen LogP contribution in [0, 0.1) is 0 Å². The molecule has 11 nitrogen and oxygen atoms in total. The van der Waals surface area contributed by atoms with Crippen LogP contribution >= 0.6 is 0 Å². The third-order valence-corrected chi connectivity index (χ3v) is 15.5. The highest BCUT2D eigenvalue weighted by Gasteiger charge is 2.47. The number of hydrogen-bond acceptors (Lipinski definition) is 10. The zero-order valence-corrected chi connectivity index (χ0v) is 51.4. The number of carbonyl (C=O) groups is 2. The van der Waals surface area contributed by atoms with Gasteiger partial charge in [-0.2, -0.15) is 0 Å². The molecule has 0 aromatic carbocycles. The lowest BCUT2D eigenvalue weighted by Gasteiger charge is -2.41. The Labute approximate surface area is 490 Å². The van der Waals surface area contributed by atoms with Gasteiger partial charge < -0.3 is 45.1 Å².